The van der Waals surface area contributed by atoms with E-state index in [0.717, 1.165) is 4.47 Å². The maximum absolute atomic E-state index is 12.5. The standard InChI is InChI=1S/C18H25BrN2O4/c1-18(2,3)25-17(23)21-9-7-12(8-10-21)16(22)20-15-11-13(24-4)5-6-14(15)19/h5-6,11-12H,7-10H2,1-4H3,(H,20,22). The third-order valence-corrected chi connectivity index (χ3v) is 4.64. The predicted molar refractivity (Wildman–Crippen MR) is 99.9 cm³/mol. The molecule has 1 aromatic rings. The highest BCUT2D eigenvalue weighted by Crippen LogP contribution is 2.29. The monoisotopic (exact) mass is 412 g/mol. The highest BCUT2D eigenvalue weighted by atomic mass is 79.9. The smallest absolute Gasteiger partial charge is 0.410 e. The van der Waals surface area contributed by atoms with Crippen molar-refractivity contribution in [2.75, 3.05) is 25.5 Å². The van der Waals surface area contributed by atoms with Gasteiger partial charge >= 0.3 is 6.09 Å². The van der Waals surface area contributed by atoms with Crippen molar-refractivity contribution in [2.24, 2.45) is 5.92 Å². The van der Waals surface area contributed by atoms with E-state index in [9.17, 15) is 9.59 Å². The number of hydrogen-bond acceptors (Lipinski definition) is 4. The lowest BCUT2D eigenvalue weighted by atomic mass is 9.96. The zero-order valence-corrected chi connectivity index (χ0v) is 16.7. The zero-order valence-electron chi connectivity index (χ0n) is 15.1. The normalized spacial score (nSPS) is 15.6. The molecule has 1 aliphatic rings. The maximum Gasteiger partial charge on any atom is 0.410 e. The van der Waals surface area contributed by atoms with Gasteiger partial charge in [-0.15, -0.1) is 0 Å². The average molecular weight is 413 g/mol. The molecule has 0 spiro atoms. The minimum atomic E-state index is -0.510. The molecule has 6 nitrogen and oxygen atoms in total. The highest BCUT2D eigenvalue weighted by Gasteiger charge is 2.30. The summed E-state index contributed by atoms with van der Waals surface area (Å²) in [5.41, 5.74) is 0.170. The third kappa shape index (κ3) is 5.63. The molecule has 0 bridgehead atoms. The summed E-state index contributed by atoms with van der Waals surface area (Å²) in [6.45, 7) is 6.57. The summed E-state index contributed by atoms with van der Waals surface area (Å²) in [6, 6.07) is 5.43. The molecule has 0 unspecified atom stereocenters. The highest BCUT2D eigenvalue weighted by molar-refractivity contribution is 9.10. The molecule has 0 radical (unpaired) electrons. The Labute approximate surface area is 157 Å². The van der Waals surface area contributed by atoms with E-state index in [-0.39, 0.29) is 17.9 Å². The number of anilines is 1. The van der Waals surface area contributed by atoms with Gasteiger partial charge in [0.15, 0.2) is 0 Å². The molecule has 1 aliphatic heterocycles. The van der Waals surface area contributed by atoms with Crippen LogP contribution in [0.1, 0.15) is 33.6 Å². The number of likely N-dealkylation sites (tertiary alicyclic amines) is 1. The van der Waals surface area contributed by atoms with Crippen molar-refractivity contribution in [2.45, 2.75) is 39.2 Å². The number of benzene rings is 1. The van der Waals surface area contributed by atoms with Crippen molar-refractivity contribution in [1.29, 1.82) is 0 Å². The summed E-state index contributed by atoms with van der Waals surface area (Å²) < 4.78 is 11.4. The molecular formula is C18H25BrN2O4. The number of piperidine rings is 1. The van der Waals surface area contributed by atoms with E-state index in [2.05, 4.69) is 21.2 Å². The van der Waals surface area contributed by atoms with Crippen LogP contribution in [0.2, 0.25) is 0 Å². The quantitative estimate of drug-likeness (QED) is 0.812. The zero-order chi connectivity index (χ0) is 18.6. The lowest BCUT2D eigenvalue weighted by Crippen LogP contribution is -2.43. The molecule has 1 aromatic carbocycles. The number of hydrogen-bond donors (Lipinski definition) is 1. The first kappa shape index (κ1) is 19.6. The number of carbonyl (C=O) groups is 2. The van der Waals surface area contributed by atoms with Crippen LogP contribution in [-0.4, -0.2) is 42.7 Å². The molecule has 1 N–H and O–H groups in total. The Morgan fingerprint density at radius 3 is 2.44 bits per heavy atom. The molecule has 1 heterocycles. The first-order chi connectivity index (χ1) is 11.7. The second-order valence-electron chi connectivity index (χ2n) is 7.08. The van der Waals surface area contributed by atoms with Crippen LogP contribution in [0, 0.1) is 5.92 Å². The second kappa shape index (κ2) is 8.08. The number of ether oxygens (including phenoxy) is 2. The number of carbonyl (C=O) groups excluding carboxylic acids is 2. The van der Waals surface area contributed by atoms with Crippen LogP contribution in [0.25, 0.3) is 0 Å². The van der Waals surface area contributed by atoms with Gasteiger partial charge in [-0.3, -0.25) is 4.79 Å². The van der Waals surface area contributed by atoms with Crippen LogP contribution in [0.3, 0.4) is 0 Å². The molecule has 2 rings (SSSR count). The van der Waals surface area contributed by atoms with E-state index in [1.807, 2.05) is 32.9 Å². The number of nitrogens with zero attached hydrogens (tertiary/aromatic N) is 1. The van der Waals surface area contributed by atoms with Crippen LogP contribution < -0.4 is 10.1 Å². The predicted octanol–water partition coefficient (Wildman–Crippen LogP) is 4.04. The SMILES string of the molecule is COc1ccc(Br)c(NC(=O)C2CCN(C(=O)OC(C)(C)C)CC2)c1. The molecular weight excluding hydrogens is 388 g/mol. The Hall–Kier alpha value is -1.76. The lowest BCUT2D eigenvalue weighted by Gasteiger charge is -2.33. The van der Waals surface area contributed by atoms with Gasteiger partial charge in [-0.2, -0.15) is 0 Å². The van der Waals surface area contributed by atoms with Gasteiger partial charge in [0.1, 0.15) is 11.4 Å². The Kier molecular flexibility index (Phi) is 6.32. The topological polar surface area (TPSA) is 67.9 Å². The molecule has 138 valence electrons. The van der Waals surface area contributed by atoms with E-state index in [4.69, 9.17) is 9.47 Å². The van der Waals surface area contributed by atoms with Gasteiger partial charge in [-0.1, -0.05) is 0 Å². The van der Waals surface area contributed by atoms with E-state index >= 15 is 0 Å². The summed E-state index contributed by atoms with van der Waals surface area (Å²) >= 11 is 3.43. The number of methoxy groups -OCH3 is 1. The molecule has 25 heavy (non-hydrogen) atoms. The molecule has 0 aromatic heterocycles. The van der Waals surface area contributed by atoms with E-state index in [0.29, 0.717) is 37.4 Å². The van der Waals surface area contributed by atoms with Crippen molar-refractivity contribution < 1.29 is 19.1 Å². The van der Waals surface area contributed by atoms with Gasteiger partial charge in [0.2, 0.25) is 5.91 Å². The van der Waals surface area contributed by atoms with Crippen LogP contribution >= 0.6 is 15.9 Å². The molecule has 0 atom stereocenters. The Balaban J connectivity index is 1.90. The Morgan fingerprint density at radius 2 is 1.88 bits per heavy atom. The van der Waals surface area contributed by atoms with Crippen molar-refractivity contribution >= 4 is 33.6 Å². The minimum absolute atomic E-state index is 0.0437. The third-order valence-electron chi connectivity index (χ3n) is 3.95. The molecule has 7 heteroatoms. The van der Waals surface area contributed by atoms with Gasteiger partial charge in [-0.05, 0) is 61.7 Å². The Bertz CT molecular complexity index is 634. The number of rotatable bonds is 3. The number of halogens is 1. The molecule has 1 fully saturated rings. The van der Waals surface area contributed by atoms with E-state index in [1.54, 1.807) is 18.1 Å². The summed E-state index contributed by atoms with van der Waals surface area (Å²) in [5, 5.41) is 2.94. The van der Waals surface area contributed by atoms with Crippen LogP contribution in [0.5, 0.6) is 5.75 Å². The maximum atomic E-state index is 12.5. The molecule has 1 saturated heterocycles. The summed E-state index contributed by atoms with van der Waals surface area (Å²) in [4.78, 5) is 26.3. The first-order valence-corrected chi connectivity index (χ1v) is 9.11. The van der Waals surface area contributed by atoms with E-state index < -0.39 is 5.60 Å². The van der Waals surface area contributed by atoms with Crippen LogP contribution in [-0.2, 0) is 9.53 Å². The van der Waals surface area contributed by atoms with Gasteiger partial charge in [-0.25, -0.2) is 4.79 Å². The lowest BCUT2D eigenvalue weighted by molar-refractivity contribution is -0.121. The number of nitrogens with one attached hydrogen (secondary N) is 1. The van der Waals surface area contributed by atoms with Crippen LogP contribution in [0.4, 0.5) is 10.5 Å². The first-order valence-electron chi connectivity index (χ1n) is 8.32. The molecule has 0 aliphatic carbocycles. The van der Waals surface area contributed by atoms with Gasteiger partial charge < -0.3 is 19.7 Å². The van der Waals surface area contributed by atoms with Crippen molar-refractivity contribution in [3.05, 3.63) is 22.7 Å². The fraction of sp³-hybridized carbons (Fsp3) is 0.556. The summed E-state index contributed by atoms with van der Waals surface area (Å²) in [6.07, 6.45) is 0.918. The van der Waals surface area contributed by atoms with Crippen molar-refractivity contribution in [3.63, 3.8) is 0 Å². The number of amides is 2. The van der Waals surface area contributed by atoms with Crippen molar-refractivity contribution in [1.82, 2.24) is 4.90 Å². The summed E-state index contributed by atoms with van der Waals surface area (Å²) in [5.74, 6) is 0.507. The van der Waals surface area contributed by atoms with Crippen LogP contribution in [0.15, 0.2) is 22.7 Å². The van der Waals surface area contributed by atoms with Gasteiger partial charge in [0, 0.05) is 29.5 Å². The van der Waals surface area contributed by atoms with E-state index in [1.165, 1.54) is 0 Å². The molecule has 0 saturated carbocycles. The largest absolute Gasteiger partial charge is 0.497 e. The van der Waals surface area contributed by atoms with Crippen molar-refractivity contribution in [3.8, 4) is 5.75 Å². The molecule has 2 amide bonds. The fourth-order valence-corrected chi connectivity index (χ4v) is 2.96. The summed E-state index contributed by atoms with van der Waals surface area (Å²) in [7, 11) is 1.58. The van der Waals surface area contributed by atoms with Gasteiger partial charge in [0.25, 0.3) is 0 Å². The van der Waals surface area contributed by atoms with Gasteiger partial charge in [0.05, 0.1) is 12.8 Å². The minimum Gasteiger partial charge on any atom is -0.497 e. The fourth-order valence-electron chi connectivity index (χ4n) is 2.61. The average Bonchev–Trinajstić information content (AvgIpc) is 2.55. The second-order valence-corrected chi connectivity index (χ2v) is 7.93. The Morgan fingerprint density at radius 1 is 1.24 bits per heavy atom.